The first-order valence-corrected chi connectivity index (χ1v) is 36.6. The van der Waals surface area contributed by atoms with Gasteiger partial charge in [-0.25, -0.2) is 0 Å². The van der Waals surface area contributed by atoms with Gasteiger partial charge in [-0.1, -0.05) is 338 Å². The van der Waals surface area contributed by atoms with Crippen molar-refractivity contribution in [3.63, 3.8) is 0 Å². The van der Waals surface area contributed by atoms with Crippen LogP contribution in [0.5, 0.6) is 0 Å². The zero-order valence-electron chi connectivity index (χ0n) is 54.5. The third kappa shape index (κ3) is 65.6. The number of allylic oxidation sites excluding steroid dienone is 10. The number of unbranched alkanes of at least 4 members (excludes halogenated alkanes) is 42. The fourth-order valence-corrected chi connectivity index (χ4v) is 11.3. The summed E-state index contributed by atoms with van der Waals surface area (Å²) in [5.74, 6) is -0.163. The van der Waals surface area contributed by atoms with Crippen molar-refractivity contribution in [3.05, 3.63) is 60.8 Å². The van der Waals surface area contributed by atoms with Crippen LogP contribution in [-0.2, 0) is 18.4 Å². The Labute approximate surface area is 504 Å². The highest BCUT2D eigenvalue weighted by Gasteiger charge is 2.24. The van der Waals surface area contributed by atoms with E-state index < -0.39 is 20.0 Å². The van der Waals surface area contributed by atoms with Crippen LogP contribution in [0.25, 0.3) is 0 Å². The number of quaternary nitrogens is 1. The highest BCUT2D eigenvalue weighted by atomic mass is 31.2. The second-order valence-electron chi connectivity index (χ2n) is 25.2. The Balaban J connectivity index is 4.03. The molecule has 0 radical (unpaired) electrons. The molecule has 0 aromatic rings. The lowest BCUT2D eigenvalue weighted by Crippen LogP contribution is -2.46. The second-order valence-corrected chi connectivity index (χ2v) is 26.6. The lowest BCUT2D eigenvalue weighted by atomic mass is 10.0. The number of hydrogen-bond donors (Lipinski definition) is 2. The van der Waals surface area contributed by atoms with Gasteiger partial charge < -0.3 is 28.8 Å². The molecule has 0 rings (SSSR count). The fourth-order valence-electron chi connectivity index (χ4n) is 10.6. The van der Waals surface area contributed by atoms with Gasteiger partial charge in [0.25, 0.3) is 7.82 Å². The molecule has 476 valence electrons. The zero-order chi connectivity index (χ0) is 59.1. The number of nitrogens with zero attached hydrogens (tertiary/aromatic N) is 1. The topological polar surface area (TPSA) is 108 Å². The minimum absolute atomic E-state index is 0.0113. The van der Waals surface area contributed by atoms with Crippen molar-refractivity contribution >= 4 is 13.7 Å². The van der Waals surface area contributed by atoms with Gasteiger partial charge in [0.05, 0.1) is 39.9 Å². The number of carbonyl (C=O) groups excluding carboxylic acids is 1. The number of phosphoric ester groups is 1. The van der Waals surface area contributed by atoms with Crippen molar-refractivity contribution in [2.24, 2.45) is 0 Å². The maximum Gasteiger partial charge on any atom is 0.268 e. The van der Waals surface area contributed by atoms with E-state index in [1.165, 1.54) is 244 Å². The predicted molar refractivity (Wildman–Crippen MR) is 353 cm³/mol. The van der Waals surface area contributed by atoms with E-state index in [0.717, 1.165) is 70.6 Å². The summed E-state index contributed by atoms with van der Waals surface area (Å²) < 4.78 is 23.5. The Bertz CT molecular complexity index is 1500. The van der Waals surface area contributed by atoms with Crippen LogP contribution < -0.4 is 10.2 Å². The van der Waals surface area contributed by atoms with Gasteiger partial charge in [-0.2, -0.15) is 0 Å². The maximum absolute atomic E-state index is 13.1. The largest absolute Gasteiger partial charge is 0.756 e. The minimum Gasteiger partial charge on any atom is -0.756 e. The molecule has 0 saturated carbocycles. The molecule has 0 saturated heterocycles. The number of rotatable bonds is 65. The molecule has 81 heavy (non-hydrogen) atoms. The van der Waals surface area contributed by atoms with Crippen molar-refractivity contribution in [2.75, 3.05) is 40.9 Å². The number of phosphoric acid groups is 1. The molecule has 0 aliphatic carbocycles. The number of likely N-dealkylation sites (N-methyl/N-ethyl adjacent to an activating group) is 1. The number of aliphatic hydroxyl groups excluding tert-OH is 1. The van der Waals surface area contributed by atoms with Crippen LogP contribution >= 0.6 is 7.82 Å². The van der Waals surface area contributed by atoms with Crippen molar-refractivity contribution in [3.8, 4) is 0 Å². The third-order valence-electron chi connectivity index (χ3n) is 16.0. The molecule has 0 fully saturated rings. The number of carbonyl (C=O) groups is 1. The quantitative estimate of drug-likeness (QED) is 0.0272. The molecule has 1 amide bonds. The second kappa shape index (κ2) is 62.7. The summed E-state index contributed by atoms with van der Waals surface area (Å²) in [6, 6.07) is -0.806. The van der Waals surface area contributed by atoms with Crippen LogP contribution in [0.2, 0.25) is 0 Å². The summed E-state index contributed by atoms with van der Waals surface area (Å²) >= 11 is 0. The summed E-state index contributed by atoms with van der Waals surface area (Å²) in [4.78, 5) is 25.7. The average Bonchev–Trinajstić information content (AvgIpc) is 3.43. The molecule has 0 aliphatic rings. The van der Waals surface area contributed by atoms with E-state index in [2.05, 4.69) is 79.9 Å². The SMILES string of the molecule is CC/C=C\C/C=C\C/C=C\C/C=C\C/C=C\CCCCCCCCCCCCCCCC(=O)NC(COP(=O)([O-])OCC[N+](C)(C)C)C(O)CCCCCCCCCCCCCCCCCCCCCCCCCCCCCCCC. The van der Waals surface area contributed by atoms with Crippen LogP contribution in [0.4, 0.5) is 0 Å². The van der Waals surface area contributed by atoms with Gasteiger partial charge in [-0.15, -0.1) is 0 Å². The Morgan fingerprint density at radius 2 is 0.753 bits per heavy atom. The van der Waals surface area contributed by atoms with Crippen LogP contribution in [-0.4, -0.2) is 68.5 Å². The Morgan fingerprint density at radius 1 is 0.444 bits per heavy atom. The summed E-state index contributed by atoms with van der Waals surface area (Å²) in [5, 5.41) is 14.1. The van der Waals surface area contributed by atoms with Crippen LogP contribution in [0.1, 0.15) is 341 Å². The van der Waals surface area contributed by atoms with E-state index in [-0.39, 0.29) is 19.1 Å². The standard InChI is InChI=1S/C72H137N2O6P/c1-6-8-10-12-14-16-18-20-22-24-26-28-30-32-34-36-38-39-41-43-45-47-49-51-53-55-57-59-61-63-65-71(75)70(69-80-81(77,78)79-68-67-74(3,4)5)73-72(76)66-64-62-60-58-56-54-52-50-48-46-44-42-40-37-35-33-31-29-27-25-23-21-19-17-15-13-11-9-7-2/h9,11,15,17,21,23,27,29,33,35,70-71,75H,6-8,10,12-14,16,18-20,22,24-26,28,30-32,34,36-69H2,1-5H3,(H-,73,76,77,78)/b11-9-,17-15-,23-21-,29-27-,35-33-. The van der Waals surface area contributed by atoms with Crippen molar-refractivity contribution < 1.29 is 32.9 Å². The number of aliphatic hydroxyl groups is 1. The van der Waals surface area contributed by atoms with Gasteiger partial charge in [0.1, 0.15) is 13.2 Å². The Hall–Kier alpha value is -1.80. The normalized spacial score (nSPS) is 14.0. The monoisotopic (exact) mass is 1160 g/mol. The number of amides is 1. The van der Waals surface area contributed by atoms with E-state index in [4.69, 9.17) is 9.05 Å². The molecule has 0 aromatic heterocycles. The first-order chi connectivity index (χ1) is 39.5. The van der Waals surface area contributed by atoms with Crippen molar-refractivity contribution in [2.45, 2.75) is 353 Å². The van der Waals surface area contributed by atoms with E-state index in [1.54, 1.807) is 0 Å². The fraction of sp³-hybridized carbons (Fsp3) is 0.847. The number of hydrogen-bond acceptors (Lipinski definition) is 6. The Morgan fingerprint density at radius 3 is 1.10 bits per heavy atom. The summed E-state index contributed by atoms with van der Waals surface area (Å²) in [7, 11) is 1.31. The molecular formula is C72H137N2O6P. The molecule has 8 nitrogen and oxygen atoms in total. The lowest BCUT2D eigenvalue weighted by Gasteiger charge is -2.30. The minimum atomic E-state index is -4.58. The summed E-state index contributed by atoms with van der Waals surface area (Å²) in [6.07, 6.45) is 85.8. The molecule has 0 aliphatic heterocycles. The molecule has 0 heterocycles. The van der Waals surface area contributed by atoms with Gasteiger partial charge in [0.15, 0.2) is 0 Å². The molecule has 9 heteroatoms. The van der Waals surface area contributed by atoms with Crippen LogP contribution in [0.3, 0.4) is 0 Å². The van der Waals surface area contributed by atoms with Gasteiger partial charge in [-0.3, -0.25) is 9.36 Å². The molecule has 0 bridgehead atoms. The predicted octanol–water partition coefficient (Wildman–Crippen LogP) is 21.8. The van der Waals surface area contributed by atoms with Crippen LogP contribution in [0.15, 0.2) is 60.8 Å². The molecule has 3 atom stereocenters. The molecule has 2 N–H and O–H groups in total. The maximum atomic E-state index is 13.1. The summed E-state index contributed by atoms with van der Waals surface area (Å²) in [6.45, 7) is 4.65. The molecule has 3 unspecified atom stereocenters. The van der Waals surface area contributed by atoms with E-state index >= 15 is 0 Å². The van der Waals surface area contributed by atoms with E-state index in [1.807, 2.05) is 21.1 Å². The van der Waals surface area contributed by atoms with Gasteiger partial charge in [0.2, 0.25) is 5.91 Å². The Kier molecular flexibility index (Phi) is 61.3. The van der Waals surface area contributed by atoms with Crippen molar-refractivity contribution in [1.29, 1.82) is 0 Å². The summed E-state index contributed by atoms with van der Waals surface area (Å²) in [5.41, 5.74) is 0. The highest BCUT2D eigenvalue weighted by molar-refractivity contribution is 7.45. The zero-order valence-corrected chi connectivity index (χ0v) is 55.4. The molecule has 0 aromatic carbocycles. The van der Waals surface area contributed by atoms with Gasteiger partial charge in [0, 0.05) is 6.42 Å². The first-order valence-electron chi connectivity index (χ1n) is 35.1. The lowest BCUT2D eigenvalue weighted by molar-refractivity contribution is -0.870. The molecular weight excluding hydrogens is 1020 g/mol. The van der Waals surface area contributed by atoms with E-state index in [0.29, 0.717) is 23.9 Å². The smallest absolute Gasteiger partial charge is 0.268 e. The first kappa shape index (κ1) is 79.2. The third-order valence-corrected chi connectivity index (χ3v) is 17.0. The van der Waals surface area contributed by atoms with Crippen molar-refractivity contribution in [1.82, 2.24) is 5.32 Å². The van der Waals surface area contributed by atoms with E-state index in [9.17, 15) is 19.4 Å². The average molecular weight is 1160 g/mol. The van der Waals surface area contributed by atoms with Crippen LogP contribution in [0, 0.1) is 0 Å². The van der Waals surface area contributed by atoms with Gasteiger partial charge >= 0.3 is 0 Å². The highest BCUT2D eigenvalue weighted by Crippen LogP contribution is 2.38. The molecule has 0 spiro atoms. The van der Waals surface area contributed by atoms with Gasteiger partial charge in [-0.05, 0) is 57.8 Å². The number of nitrogens with one attached hydrogen (secondary N) is 1.